The van der Waals surface area contributed by atoms with Crippen molar-refractivity contribution in [2.75, 3.05) is 13.7 Å². The highest BCUT2D eigenvalue weighted by molar-refractivity contribution is 5.32. The van der Waals surface area contributed by atoms with Crippen molar-refractivity contribution < 1.29 is 9.47 Å². The maximum absolute atomic E-state index is 5.77. The summed E-state index contributed by atoms with van der Waals surface area (Å²) in [6.45, 7) is 0.831. The van der Waals surface area contributed by atoms with E-state index in [9.17, 15) is 0 Å². The fraction of sp³-hybridized carbons (Fsp3) is 0.600. The van der Waals surface area contributed by atoms with E-state index in [0.717, 1.165) is 24.0 Å². The molecule has 0 heterocycles. The molecule has 1 saturated carbocycles. The molecule has 1 fully saturated rings. The van der Waals surface area contributed by atoms with Crippen molar-refractivity contribution in [3.05, 3.63) is 24.3 Å². The molecule has 2 nitrogen and oxygen atoms in total. The fourth-order valence-electron chi connectivity index (χ4n) is 2.51. The van der Waals surface area contributed by atoms with Gasteiger partial charge in [0.25, 0.3) is 0 Å². The van der Waals surface area contributed by atoms with Crippen LogP contribution in [-0.4, -0.2) is 13.7 Å². The highest BCUT2D eigenvalue weighted by atomic mass is 16.5. The third kappa shape index (κ3) is 3.95. The van der Waals surface area contributed by atoms with Crippen LogP contribution in [0, 0.1) is 5.92 Å². The number of hydrogen-bond acceptors (Lipinski definition) is 2. The Bertz CT molecular complexity index is 329. The third-order valence-corrected chi connectivity index (χ3v) is 3.56. The van der Waals surface area contributed by atoms with Gasteiger partial charge in [-0.15, -0.1) is 0 Å². The minimum Gasteiger partial charge on any atom is -0.497 e. The molecule has 2 heteroatoms. The van der Waals surface area contributed by atoms with E-state index in [1.807, 2.05) is 24.3 Å². The summed E-state index contributed by atoms with van der Waals surface area (Å²) in [5, 5.41) is 0. The molecule has 0 bridgehead atoms. The molecule has 0 radical (unpaired) electrons. The molecule has 1 aliphatic carbocycles. The Labute approximate surface area is 104 Å². The van der Waals surface area contributed by atoms with Gasteiger partial charge in [0.05, 0.1) is 13.7 Å². The Balaban J connectivity index is 1.73. The van der Waals surface area contributed by atoms with Gasteiger partial charge in [0.2, 0.25) is 0 Å². The van der Waals surface area contributed by atoms with Crippen molar-refractivity contribution >= 4 is 0 Å². The van der Waals surface area contributed by atoms with Crippen molar-refractivity contribution in [3.63, 3.8) is 0 Å². The molecule has 0 aromatic heterocycles. The van der Waals surface area contributed by atoms with Crippen LogP contribution in [-0.2, 0) is 0 Å². The van der Waals surface area contributed by atoms with Crippen LogP contribution in [0.4, 0.5) is 0 Å². The van der Waals surface area contributed by atoms with Gasteiger partial charge in [-0.3, -0.25) is 0 Å². The molecule has 1 aromatic rings. The summed E-state index contributed by atoms with van der Waals surface area (Å²) >= 11 is 0. The summed E-state index contributed by atoms with van der Waals surface area (Å²) in [5.74, 6) is 2.66. The Hall–Kier alpha value is -1.18. The summed E-state index contributed by atoms with van der Waals surface area (Å²) in [4.78, 5) is 0. The largest absolute Gasteiger partial charge is 0.497 e. The lowest BCUT2D eigenvalue weighted by molar-refractivity contribution is 0.245. The molecule has 0 amide bonds. The normalized spacial score (nSPS) is 16.8. The SMILES string of the molecule is COc1cccc(OCCC2CCCCC2)c1. The molecule has 1 aromatic carbocycles. The number of hydrogen-bond donors (Lipinski definition) is 0. The number of ether oxygens (including phenoxy) is 2. The Morgan fingerprint density at radius 3 is 2.65 bits per heavy atom. The van der Waals surface area contributed by atoms with Gasteiger partial charge in [-0.05, 0) is 24.5 Å². The van der Waals surface area contributed by atoms with E-state index in [1.54, 1.807) is 7.11 Å². The lowest BCUT2D eigenvalue weighted by Gasteiger charge is -2.21. The van der Waals surface area contributed by atoms with Crippen molar-refractivity contribution in [1.29, 1.82) is 0 Å². The number of methoxy groups -OCH3 is 1. The molecule has 1 aliphatic rings. The first-order valence-electron chi connectivity index (χ1n) is 6.65. The van der Waals surface area contributed by atoms with Crippen LogP contribution in [0.25, 0.3) is 0 Å². The molecular formula is C15H22O2. The van der Waals surface area contributed by atoms with Crippen molar-refractivity contribution in [2.45, 2.75) is 38.5 Å². The van der Waals surface area contributed by atoms with Gasteiger partial charge in [0, 0.05) is 6.07 Å². The highest BCUT2D eigenvalue weighted by Gasteiger charge is 2.13. The second kappa shape index (κ2) is 6.53. The van der Waals surface area contributed by atoms with Gasteiger partial charge in [-0.2, -0.15) is 0 Å². The molecule has 0 atom stereocenters. The predicted molar refractivity (Wildman–Crippen MR) is 69.7 cm³/mol. The monoisotopic (exact) mass is 234 g/mol. The quantitative estimate of drug-likeness (QED) is 0.765. The van der Waals surface area contributed by atoms with Gasteiger partial charge in [-0.1, -0.05) is 38.2 Å². The molecular weight excluding hydrogens is 212 g/mol. The molecule has 94 valence electrons. The van der Waals surface area contributed by atoms with Gasteiger partial charge in [-0.25, -0.2) is 0 Å². The van der Waals surface area contributed by atoms with Crippen molar-refractivity contribution in [1.82, 2.24) is 0 Å². The fourth-order valence-corrected chi connectivity index (χ4v) is 2.51. The molecule has 0 aliphatic heterocycles. The zero-order valence-electron chi connectivity index (χ0n) is 10.7. The average Bonchev–Trinajstić information content (AvgIpc) is 2.40. The maximum atomic E-state index is 5.77. The Kier molecular flexibility index (Phi) is 4.72. The van der Waals surface area contributed by atoms with Gasteiger partial charge < -0.3 is 9.47 Å². The smallest absolute Gasteiger partial charge is 0.122 e. The zero-order chi connectivity index (χ0) is 11.9. The second-order valence-electron chi connectivity index (χ2n) is 4.82. The first kappa shape index (κ1) is 12.3. The number of rotatable bonds is 5. The lowest BCUT2D eigenvalue weighted by Crippen LogP contribution is -2.10. The standard InChI is InChI=1S/C15H22O2/c1-16-14-8-5-9-15(12-14)17-11-10-13-6-3-2-4-7-13/h5,8-9,12-13H,2-4,6-7,10-11H2,1H3. The van der Waals surface area contributed by atoms with Crippen molar-refractivity contribution in [2.24, 2.45) is 5.92 Å². The maximum Gasteiger partial charge on any atom is 0.122 e. The van der Waals surface area contributed by atoms with Crippen LogP contribution in [0.3, 0.4) is 0 Å². The van der Waals surface area contributed by atoms with E-state index in [-0.39, 0.29) is 0 Å². The summed E-state index contributed by atoms with van der Waals surface area (Å²) < 4.78 is 10.9. The highest BCUT2D eigenvalue weighted by Crippen LogP contribution is 2.26. The molecule has 0 unspecified atom stereocenters. The van der Waals surface area contributed by atoms with Gasteiger partial charge in [0.15, 0.2) is 0 Å². The van der Waals surface area contributed by atoms with Crippen LogP contribution in [0.5, 0.6) is 11.5 Å². The van der Waals surface area contributed by atoms with Crippen LogP contribution in [0.1, 0.15) is 38.5 Å². The van der Waals surface area contributed by atoms with Crippen LogP contribution >= 0.6 is 0 Å². The van der Waals surface area contributed by atoms with Crippen LogP contribution < -0.4 is 9.47 Å². The predicted octanol–water partition coefficient (Wildman–Crippen LogP) is 4.04. The summed E-state index contributed by atoms with van der Waals surface area (Å²) in [5.41, 5.74) is 0. The first-order chi connectivity index (χ1) is 8.38. The summed E-state index contributed by atoms with van der Waals surface area (Å²) in [6, 6.07) is 7.84. The Morgan fingerprint density at radius 2 is 1.88 bits per heavy atom. The van der Waals surface area contributed by atoms with E-state index >= 15 is 0 Å². The number of benzene rings is 1. The summed E-state index contributed by atoms with van der Waals surface area (Å²) in [6.07, 6.45) is 8.21. The van der Waals surface area contributed by atoms with E-state index < -0.39 is 0 Å². The zero-order valence-corrected chi connectivity index (χ0v) is 10.7. The van der Waals surface area contributed by atoms with Gasteiger partial charge in [0.1, 0.15) is 11.5 Å². The average molecular weight is 234 g/mol. The lowest BCUT2D eigenvalue weighted by atomic mass is 9.87. The first-order valence-corrected chi connectivity index (χ1v) is 6.65. The topological polar surface area (TPSA) is 18.5 Å². The summed E-state index contributed by atoms with van der Waals surface area (Å²) in [7, 11) is 1.68. The van der Waals surface area contributed by atoms with Crippen LogP contribution in [0.15, 0.2) is 24.3 Å². The van der Waals surface area contributed by atoms with Crippen LogP contribution in [0.2, 0.25) is 0 Å². The molecule has 2 rings (SSSR count). The van der Waals surface area contributed by atoms with Gasteiger partial charge >= 0.3 is 0 Å². The van der Waals surface area contributed by atoms with E-state index in [4.69, 9.17) is 9.47 Å². The molecule has 0 saturated heterocycles. The van der Waals surface area contributed by atoms with E-state index in [2.05, 4.69) is 0 Å². The van der Waals surface area contributed by atoms with E-state index in [0.29, 0.717) is 0 Å². The molecule has 0 N–H and O–H groups in total. The minimum atomic E-state index is 0.831. The second-order valence-corrected chi connectivity index (χ2v) is 4.82. The molecule has 0 spiro atoms. The Morgan fingerprint density at radius 1 is 1.12 bits per heavy atom. The molecule has 17 heavy (non-hydrogen) atoms. The minimum absolute atomic E-state index is 0.831. The van der Waals surface area contributed by atoms with Crippen molar-refractivity contribution in [3.8, 4) is 11.5 Å². The van der Waals surface area contributed by atoms with E-state index in [1.165, 1.54) is 38.5 Å². The third-order valence-electron chi connectivity index (χ3n) is 3.56.